The van der Waals surface area contributed by atoms with Gasteiger partial charge in [-0.3, -0.25) is 4.79 Å². The van der Waals surface area contributed by atoms with Crippen LogP contribution in [0, 0.1) is 5.41 Å². The van der Waals surface area contributed by atoms with Gasteiger partial charge in [0.15, 0.2) is 0 Å². The monoisotopic (exact) mass is 325 g/mol. The molecule has 1 heterocycles. The molecule has 0 aromatic carbocycles. The highest BCUT2D eigenvalue weighted by Crippen LogP contribution is 2.20. The highest BCUT2D eigenvalue weighted by Gasteiger charge is 2.08. The van der Waals surface area contributed by atoms with Gasteiger partial charge >= 0.3 is 0 Å². The Morgan fingerprint density at radius 1 is 1.36 bits per heavy atom. The molecular formula is C17H31N3OS. The van der Waals surface area contributed by atoms with Gasteiger partial charge in [0.1, 0.15) is 5.82 Å². The number of aromatic nitrogens is 1. The van der Waals surface area contributed by atoms with E-state index >= 15 is 0 Å². The van der Waals surface area contributed by atoms with E-state index in [2.05, 4.69) is 38.0 Å². The first-order valence-electron chi connectivity index (χ1n) is 7.67. The van der Waals surface area contributed by atoms with Crippen molar-refractivity contribution in [2.75, 3.05) is 17.6 Å². The Labute approximate surface area is 140 Å². The Morgan fingerprint density at radius 3 is 2.45 bits per heavy atom. The number of hydrogen-bond acceptors (Lipinski definition) is 4. The molecule has 0 aliphatic carbocycles. The number of carbonyl (C=O) groups is 1. The molecule has 0 aliphatic rings. The topological polar surface area (TPSA) is 45.2 Å². The Hall–Kier alpha value is -1.23. The largest absolute Gasteiger partial charge is 0.352 e. The number of anilines is 1. The molecule has 1 N–H and O–H groups in total. The predicted molar refractivity (Wildman–Crippen MR) is 98.0 cm³/mol. The average molecular weight is 326 g/mol. The van der Waals surface area contributed by atoms with Crippen LogP contribution >= 0.6 is 11.9 Å². The molecule has 1 aromatic heterocycles. The van der Waals surface area contributed by atoms with Crippen molar-refractivity contribution in [3.8, 4) is 0 Å². The minimum absolute atomic E-state index is 0.0918. The lowest BCUT2D eigenvalue weighted by Crippen LogP contribution is -2.23. The summed E-state index contributed by atoms with van der Waals surface area (Å²) >= 11 is 1.59. The number of hydrogen-bond donors (Lipinski definition) is 1. The van der Waals surface area contributed by atoms with Gasteiger partial charge in [0.05, 0.1) is 0 Å². The van der Waals surface area contributed by atoms with E-state index in [0.29, 0.717) is 18.4 Å². The van der Waals surface area contributed by atoms with Crippen molar-refractivity contribution in [3.05, 3.63) is 23.9 Å². The van der Waals surface area contributed by atoms with Gasteiger partial charge in [-0.25, -0.2) is 4.98 Å². The second-order valence-electron chi connectivity index (χ2n) is 6.69. The fraction of sp³-hybridized carbons (Fsp3) is 0.647. The molecule has 1 amide bonds. The standard InChI is InChI=1S/C12H19N3OS.C5H12/c1-4-6-11(16)14-9-10-7-5-8-13-12(10)15(2)17-3;1-5(2,3)4/h5,7-8H,4,6,9H2,1-3H3,(H,14,16);1-4H3. The van der Waals surface area contributed by atoms with E-state index in [4.69, 9.17) is 0 Å². The summed E-state index contributed by atoms with van der Waals surface area (Å²) < 4.78 is 1.99. The van der Waals surface area contributed by atoms with E-state index in [-0.39, 0.29) is 5.91 Å². The lowest BCUT2D eigenvalue weighted by Gasteiger charge is -2.17. The normalized spacial score (nSPS) is 10.5. The molecule has 0 saturated carbocycles. The molecule has 1 rings (SSSR count). The summed E-state index contributed by atoms with van der Waals surface area (Å²) in [5, 5.41) is 2.90. The zero-order chi connectivity index (χ0) is 17.2. The summed E-state index contributed by atoms with van der Waals surface area (Å²) in [5.41, 5.74) is 1.54. The van der Waals surface area contributed by atoms with Crippen LogP contribution in [0.3, 0.4) is 0 Å². The lowest BCUT2D eigenvalue weighted by atomic mass is 10.0. The molecule has 0 radical (unpaired) electrons. The van der Waals surface area contributed by atoms with Gasteiger partial charge in [0.2, 0.25) is 5.91 Å². The average Bonchev–Trinajstić information content (AvgIpc) is 2.43. The van der Waals surface area contributed by atoms with Crippen LogP contribution in [0.25, 0.3) is 0 Å². The number of amides is 1. The maximum absolute atomic E-state index is 11.4. The Balaban J connectivity index is 0.000000763. The molecule has 0 saturated heterocycles. The fourth-order valence-corrected chi connectivity index (χ4v) is 1.78. The van der Waals surface area contributed by atoms with Crippen LogP contribution in [0.2, 0.25) is 0 Å². The molecule has 0 atom stereocenters. The van der Waals surface area contributed by atoms with Gasteiger partial charge < -0.3 is 9.62 Å². The third kappa shape index (κ3) is 10.5. The van der Waals surface area contributed by atoms with Crippen LogP contribution in [0.5, 0.6) is 0 Å². The number of nitrogens with one attached hydrogen (secondary N) is 1. The quantitative estimate of drug-likeness (QED) is 0.794. The second kappa shape index (κ2) is 10.5. The SMILES string of the molecule is CC(C)(C)C.CCCC(=O)NCc1cccnc1N(C)SC. The Kier molecular flexibility index (Phi) is 9.90. The molecule has 126 valence electrons. The van der Waals surface area contributed by atoms with E-state index in [1.165, 1.54) is 0 Å². The van der Waals surface area contributed by atoms with Crippen molar-refractivity contribution in [1.82, 2.24) is 10.3 Å². The molecule has 4 nitrogen and oxygen atoms in total. The highest BCUT2D eigenvalue weighted by atomic mass is 32.2. The molecule has 0 fully saturated rings. The van der Waals surface area contributed by atoms with E-state index in [1.807, 2.05) is 36.7 Å². The summed E-state index contributed by atoms with van der Waals surface area (Å²) in [7, 11) is 1.96. The van der Waals surface area contributed by atoms with E-state index in [0.717, 1.165) is 17.8 Å². The maximum Gasteiger partial charge on any atom is 0.220 e. The van der Waals surface area contributed by atoms with Crippen molar-refractivity contribution < 1.29 is 4.79 Å². The first-order chi connectivity index (χ1) is 10.2. The smallest absolute Gasteiger partial charge is 0.220 e. The molecule has 0 unspecified atom stereocenters. The van der Waals surface area contributed by atoms with Crippen molar-refractivity contribution in [3.63, 3.8) is 0 Å². The zero-order valence-electron chi connectivity index (χ0n) is 15.1. The molecule has 0 bridgehead atoms. The molecule has 22 heavy (non-hydrogen) atoms. The van der Waals surface area contributed by atoms with Crippen molar-refractivity contribution in [2.45, 2.75) is 54.0 Å². The van der Waals surface area contributed by atoms with E-state index in [1.54, 1.807) is 18.1 Å². The van der Waals surface area contributed by atoms with Gasteiger partial charge in [-0.15, -0.1) is 0 Å². The van der Waals surface area contributed by atoms with Crippen LogP contribution in [0.15, 0.2) is 18.3 Å². The van der Waals surface area contributed by atoms with Gasteiger partial charge in [0, 0.05) is 38.0 Å². The summed E-state index contributed by atoms with van der Waals surface area (Å²) in [5.74, 6) is 0.992. The van der Waals surface area contributed by atoms with Crippen LogP contribution in [0.1, 0.15) is 53.0 Å². The zero-order valence-corrected chi connectivity index (χ0v) is 15.9. The summed E-state index contributed by atoms with van der Waals surface area (Å²) in [6.45, 7) is 11.3. The Bertz CT molecular complexity index is 438. The lowest BCUT2D eigenvalue weighted by molar-refractivity contribution is -0.121. The number of pyridine rings is 1. The molecule has 1 aromatic rings. The van der Waals surface area contributed by atoms with Crippen molar-refractivity contribution >= 4 is 23.7 Å². The summed E-state index contributed by atoms with van der Waals surface area (Å²) in [6.07, 6.45) is 5.21. The maximum atomic E-state index is 11.4. The Morgan fingerprint density at radius 2 is 1.95 bits per heavy atom. The predicted octanol–water partition coefficient (Wildman–Crippen LogP) is 4.26. The van der Waals surface area contributed by atoms with Crippen LogP contribution in [-0.2, 0) is 11.3 Å². The number of rotatable bonds is 6. The first-order valence-corrected chi connectivity index (χ1v) is 8.85. The third-order valence-corrected chi connectivity index (χ3v) is 3.11. The number of carbonyl (C=O) groups excluding carboxylic acids is 1. The minimum atomic E-state index is 0.0918. The van der Waals surface area contributed by atoms with Crippen LogP contribution < -0.4 is 9.62 Å². The highest BCUT2D eigenvalue weighted by molar-refractivity contribution is 7.99. The molecule has 0 spiro atoms. The van der Waals surface area contributed by atoms with Gasteiger partial charge in [-0.05, 0) is 17.9 Å². The van der Waals surface area contributed by atoms with Crippen molar-refractivity contribution in [1.29, 1.82) is 0 Å². The fourth-order valence-electron chi connectivity index (χ4n) is 1.45. The first kappa shape index (κ1) is 20.8. The minimum Gasteiger partial charge on any atom is -0.352 e. The van der Waals surface area contributed by atoms with Crippen LogP contribution in [-0.4, -0.2) is 24.2 Å². The molecular weight excluding hydrogens is 294 g/mol. The van der Waals surface area contributed by atoms with E-state index < -0.39 is 0 Å². The third-order valence-electron chi connectivity index (χ3n) is 2.39. The number of nitrogens with zero attached hydrogens (tertiary/aromatic N) is 2. The molecule has 0 aliphatic heterocycles. The van der Waals surface area contributed by atoms with Gasteiger partial charge in [-0.1, -0.05) is 52.6 Å². The van der Waals surface area contributed by atoms with Gasteiger partial charge in [0.25, 0.3) is 0 Å². The summed E-state index contributed by atoms with van der Waals surface area (Å²) in [4.78, 5) is 15.7. The molecule has 5 heteroatoms. The summed E-state index contributed by atoms with van der Waals surface area (Å²) in [6, 6.07) is 3.88. The second-order valence-corrected chi connectivity index (χ2v) is 7.61. The van der Waals surface area contributed by atoms with E-state index in [9.17, 15) is 4.79 Å². The van der Waals surface area contributed by atoms with Crippen LogP contribution in [0.4, 0.5) is 5.82 Å². The van der Waals surface area contributed by atoms with Gasteiger partial charge in [-0.2, -0.15) is 0 Å². The van der Waals surface area contributed by atoms with Crippen molar-refractivity contribution in [2.24, 2.45) is 5.41 Å².